The molecule has 0 aromatic carbocycles. The molecule has 0 unspecified atom stereocenters. The average Bonchev–Trinajstić information content (AvgIpc) is 2.33. The molecule has 2 aliphatic heterocycles. The van der Waals surface area contributed by atoms with Crippen LogP contribution in [0, 0.1) is 5.92 Å². The Morgan fingerprint density at radius 2 is 2.50 bits per heavy atom. The highest BCUT2D eigenvalue weighted by Gasteiger charge is 2.29. The minimum Gasteiger partial charge on any atom is -0.395 e. The molecule has 0 aromatic rings. The van der Waals surface area contributed by atoms with Crippen LogP contribution in [-0.2, 0) is 9.57 Å². The minimum atomic E-state index is 0.380. The van der Waals surface area contributed by atoms with E-state index in [0.29, 0.717) is 18.6 Å². The highest BCUT2D eigenvalue weighted by molar-refractivity contribution is 5.89. The normalized spacial score (nSPS) is 38.3. The molecule has 0 aromatic heterocycles. The fourth-order valence-electron chi connectivity index (χ4n) is 1.43. The number of hydrogen-bond donors (Lipinski definition) is 0. The Kier molecular flexibility index (Phi) is 1.38. The fourth-order valence-corrected chi connectivity index (χ4v) is 1.43. The van der Waals surface area contributed by atoms with E-state index < -0.39 is 0 Å². The van der Waals surface area contributed by atoms with Gasteiger partial charge < -0.3 is 9.57 Å². The summed E-state index contributed by atoms with van der Waals surface area (Å²) in [6.45, 7) is 3.53. The maximum absolute atomic E-state index is 5.38. The summed E-state index contributed by atoms with van der Waals surface area (Å²) in [4.78, 5) is 4.95. The third-order valence-electron chi connectivity index (χ3n) is 2.06. The highest BCUT2D eigenvalue weighted by atomic mass is 16.6. The van der Waals surface area contributed by atoms with E-state index in [1.165, 1.54) is 0 Å². The molecule has 2 heterocycles. The van der Waals surface area contributed by atoms with Gasteiger partial charge in [0.15, 0.2) is 0 Å². The van der Waals surface area contributed by atoms with Crippen LogP contribution in [0.4, 0.5) is 0 Å². The van der Waals surface area contributed by atoms with E-state index in [-0.39, 0.29) is 0 Å². The molecule has 0 bridgehead atoms. The standard InChI is InChI=1S/C7H11NO2/c1-5-2-6-3-10-8-7(6)4-9-5/h5-6H,2-4H2,1H3/t5-,6-/m0/s1. The van der Waals surface area contributed by atoms with E-state index in [1.54, 1.807) is 0 Å². The second kappa shape index (κ2) is 2.23. The molecule has 2 rings (SSSR count). The van der Waals surface area contributed by atoms with Crippen LogP contribution in [0.5, 0.6) is 0 Å². The van der Waals surface area contributed by atoms with Crippen molar-refractivity contribution in [3.05, 3.63) is 0 Å². The van der Waals surface area contributed by atoms with Crippen LogP contribution >= 0.6 is 0 Å². The molecule has 0 radical (unpaired) electrons. The lowest BCUT2D eigenvalue weighted by Crippen LogP contribution is -2.31. The van der Waals surface area contributed by atoms with Gasteiger partial charge in [0.2, 0.25) is 0 Å². The molecule has 2 aliphatic rings. The second-order valence-electron chi connectivity index (χ2n) is 2.93. The summed E-state index contributed by atoms with van der Waals surface area (Å²) in [5, 5.41) is 3.88. The van der Waals surface area contributed by atoms with Gasteiger partial charge in [0, 0.05) is 5.92 Å². The van der Waals surface area contributed by atoms with Gasteiger partial charge in [0.1, 0.15) is 6.61 Å². The van der Waals surface area contributed by atoms with E-state index in [4.69, 9.17) is 9.57 Å². The van der Waals surface area contributed by atoms with Crippen molar-refractivity contribution in [3.63, 3.8) is 0 Å². The quantitative estimate of drug-likeness (QED) is 0.499. The lowest BCUT2D eigenvalue weighted by Gasteiger charge is -2.22. The molecule has 3 nitrogen and oxygen atoms in total. The van der Waals surface area contributed by atoms with Gasteiger partial charge in [0.25, 0.3) is 0 Å². The Morgan fingerprint density at radius 3 is 3.40 bits per heavy atom. The summed E-state index contributed by atoms with van der Waals surface area (Å²) < 4.78 is 5.38. The van der Waals surface area contributed by atoms with Crippen LogP contribution in [0.15, 0.2) is 5.16 Å². The molecule has 0 spiro atoms. The molecular formula is C7H11NO2. The monoisotopic (exact) mass is 141 g/mol. The number of ether oxygens (including phenoxy) is 1. The van der Waals surface area contributed by atoms with E-state index in [0.717, 1.165) is 18.7 Å². The zero-order valence-electron chi connectivity index (χ0n) is 6.04. The van der Waals surface area contributed by atoms with Crippen molar-refractivity contribution in [2.24, 2.45) is 11.1 Å². The fraction of sp³-hybridized carbons (Fsp3) is 0.857. The summed E-state index contributed by atoms with van der Waals surface area (Å²) in [6.07, 6.45) is 1.45. The first-order valence-electron chi connectivity index (χ1n) is 3.66. The van der Waals surface area contributed by atoms with Gasteiger partial charge in [-0.2, -0.15) is 0 Å². The molecule has 2 atom stereocenters. The summed E-state index contributed by atoms with van der Waals surface area (Å²) >= 11 is 0. The molecule has 1 saturated heterocycles. The molecule has 3 heteroatoms. The molecule has 0 saturated carbocycles. The zero-order valence-corrected chi connectivity index (χ0v) is 6.04. The van der Waals surface area contributed by atoms with Crippen LogP contribution in [-0.4, -0.2) is 25.0 Å². The highest BCUT2D eigenvalue weighted by Crippen LogP contribution is 2.22. The maximum atomic E-state index is 5.38. The summed E-state index contributed by atoms with van der Waals surface area (Å²) in [5.74, 6) is 0.545. The second-order valence-corrected chi connectivity index (χ2v) is 2.93. The van der Waals surface area contributed by atoms with Gasteiger partial charge >= 0.3 is 0 Å². The predicted octanol–water partition coefficient (Wildman–Crippen LogP) is 0.798. The van der Waals surface area contributed by atoms with Crippen LogP contribution in [0.2, 0.25) is 0 Å². The van der Waals surface area contributed by atoms with Crippen LogP contribution in [0.25, 0.3) is 0 Å². The zero-order chi connectivity index (χ0) is 6.97. The van der Waals surface area contributed by atoms with Crippen molar-refractivity contribution in [2.75, 3.05) is 13.2 Å². The lowest BCUT2D eigenvalue weighted by molar-refractivity contribution is 0.0572. The Labute approximate surface area is 60.0 Å². The van der Waals surface area contributed by atoms with Gasteiger partial charge in [-0.1, -0.05) is 5.16 Å². The Balaban J connectivity index is 2.06. The summed E-state index contributed by atoms with van der Waals surface area (Å²) in [5.41, 5.74) is 1.10. The summed E-state index contributed by atoms with van der Waals surface area (Å²) in [7, 11) is 0. The smallest absolute Gasteiger partial charge is 0.125 e. The van der Waals surface area contributed by atoms with Gasteiger partial charge in [0.05, 0.1) is 18.4 Å². The third kappa shape index (κ3) is 0.904. The number of fused-ring (bicyclic) bond motifs is 1. The topological polar surface area (TPSA) is 30.8 Å². The van der Waals surface area contributed by atoms with Crippen molar-refractivity contribution in [3.8, 4) is 0 Å². The molecule has 1 fully saturated rings. The third-order valence-corrected chi connectivity index (χ3v) is 2.06. The number of oxime groups is 1. The minimum absolute atomic E-state index is 0.380. The average molecular weight is 141 g/mol. The molecular weight excluding hydrogens is 130 g/mol. The van der Waals surface area contributed by atoms with Crippen LogP contribution in [0.1, 0.15) is 13.3 Å². The first kappa shape index (κ1) is 6.16. The van der Waals surface area contributed by atoms with Crippen LogP contribution in [0.3, 0.4) is 0 Å². The van der Waals surface area contributed by atoms with Crippen LogP contribution < -0.4 is 0 Å². The van der Waals surface area contributed by atoms with Crippen molar-refractivity contribution in [2.45, 2.75) is 19.4 Å². The Morgan fingerprint density at radius 1 is 1.60 bits per heavy atom. The first-order chi connectivity index (χ1) is 4.86. The number of rotatable bonds is 0. The van der Waals surface area contributed by atoms with Gasteiger partial charge in [-0.25, -0.2) is 0 Å². The maximum Gasteiger partial charge on any atom is 0.125 e. The molecule has 10 heavy (non-hydrogen) atoms. The van der Waals surface area contributed by atoms with Crippen molar-refractivity contribution in [1.29, 1.82) is 0 Å². The molecule has 0 amide bonds. The molecule has 0 N–H and O–H groups in total. The SMILES string of the molecule is C[C@H]1C[C@H]2CON=C2CO1. The van der Waals surface area contributed by atoms with E-state index >= 15 is 0 Å². The predicted molar refractivity (Wildman–Crippen MR) is 36.9 cm³/mol. The molecule has 56 valence electrons. The Bertz CT molecular complexity index is 167. The largest absolute Gasteiger partial charge is 0.395 e. The van der Waals surface area contributed by atoms with Crippen molar-refractivity contribution in [1.82, 2.24) is 0 Å². The first-order valence-corrected chi connectivity index (χ1v) is 3.66. The van der Waals surface area contributed by atoms with Gasteiger partial charge in [-0.05, 0) is 13.3 Å². The van der Waals surface area contributed by atoms with Gasteiger partial charge in [-0.15, -0.1) is 0 Å². The van der Waals surface area contributed by atoms with Gasteiger partial charge in [-0.3, -0.25) is 0 Å². The summed E-state index contributed by atoms with van der Waals surface area (Å²) in [6, 6.07) is 0. The van der Waals surface area contributed by atoms with E-state index in [2.05, 4.69) is 12.1 Å². The Hall–Kier alpha value is -0.570. The number of nitrogens with zero attached hydrogens (tertiary/aromatic N) is 1. The lowest BCUT2D eigenvalue weighted by atomic mass is 9.96. The van der Waals surface area contributed by atoms with E-state index in [9.17, 15) is 0 Å². The van der Waals surface area contributed by atoms with Crippen molar-refractivity contribution >= 4 is 5.71 Å². The molecule has 0 aliphatic carbocycles. The number of hydrogen-bond acceptors (Lipinski definition) is 3. The van der Waals surface area contributed by atoms with Crippen molar-refractivity contribution < 1.29 is 9.57 Å². The van der Waals surface area contributed by atoms with E-state index in [1.807, 2.05) is 0 Å².